The maximum Gasteiger partial charge on any atom is 0.0541 e. The van der Waals surface area contributed by atoms with Crippen LogP contribution in [0.2, 0.25) is 0 Å². The normalized spacial score (nSPS) is 11.6. The van der Waals surface area contributed by atoms with Crippen molar-refractivity contribution in [3.63, 3.8) is 0 Å². The van der Waals surface area contributed by atoms with Crippen molar-refractivity contribution < 1.29 is 0 Å². The average molecular weight is 943 g/mol. The summed E-state index contributed by atoms with van der Waals surface area (Å²) in [6.07, 6.45) is 0. The van der Waals surface area contributed by atoms with E-state index in [0.29, 0.717) is 0 Å². The third-order valence-electron chi connectivity index (χ3n) is 13.7. The number of benzene rings is 9. The van der Waals surface area contributed by atoms with Gasteiger partial charge in [-0.05, 0) is 177 Å². The molecule has 0 spiro atoms. The third-order valence-corrected chi connectivity index (χ3v) is 13.7. The number of aryl methyl sites for hydroxylation is 6. The quantitative estimate of drug-likeness (QED) is 0.151. The molecule has 0 fully saturated rings. The van der Waals surface area contributed by atoms with Gasteiger partial charge >= 0.3 is 0 Å². The summed E-state index contributed by atoms with van der Waals surface area (Å²) in [6.45, 7) is 26.7. The highest BCUT2D eigenvalue weighted by atomic mass is 15.1. The molecule has 0 aliphatic rings. The number of nitrogens with zero attached hydrogens (tertiary/aromatic N) is 2. The lowest BCUT2D eigenvalue weighted by atomic mass is 9.84. The predicted molar refractivity (Wildman–Crippen MR) is 313 cm³/mol. The Balaban J connectivity index is 0.000000469. The van der Waals surface area contributed by atoms with E-state index < -0.39 is 0 Å². The van der Waals surface area contributed by atoms with Crippen molar-refractivity contribution in [2.24, 2.45) is 0 Å². The lowest BCUT2D eigenvalue weighted by molar-refractivity contribution is 0.589. The lowest BCUT2D eigenvalue weighted by Crippen LogP contribution is -2.16. The van der Waals surface area contributed by atoms with Crippen molar-refractivity contribution >= 4 is 61.6 Å². The van der Waals surface area contributed by atoms with Crippen molar-refractivity contribution in [3.8, 4) is 16.8 Å². The molecular weight excluding hydrogens is 873 g/mol. The first-order chi connectivity index (χ1) is 34.4. The second kappa shape index (κ2) is 20.1. The van der Waals surface area contributed by atoms with Crippen LogP contribution < -0.4 is 15.5 Å². The van der Waals surface area contributed by atoms with Gasteiger partial charge in [0.15, 0.2) is 0 Å². The van der Waals surface area contributed by atoms with Crippen LogP contribution >= 0.6 is 0 Å². The first-order valence-electron chi connectivity index (χ1n) is 25.4. The van der Waals surface area contributed by atoms with Crippen LogP contribution in [0, 0.1) is 41.5 Å². The fourth-order valence-corrected chi connectivity index (χ4v) is 9.98. The molecule has 10 rings (SSSR count). The summed E-state index contributed by atoms with van der Waals surface area (Å²) in [5.74, 6) is 0. The molecule has 4 nitrogen and oxygen atoms in total. The summed E-state index contributed by atoms with van der Waals surface area (Å²) >= 11 is 0. The number of rotatable bonds is 9. The summed E-state index contributed by atoms with van der Waals surface area (Å²) in [5, 5.41) is 9.84. The summed E-state index contributed by atoms with van der Waals surface area (Å²) in [5.41, 5.74) is 24.4. The number of fused-ring (bicyclic) bond motifs is 3. The molecule has 72 heavy (non-hydrogen) atoms. The van der Waals surface area contributed by atoms with Crippen molar-refractivity contribution in [1.29, 1.82) is 0 Å². The van der Waals surface area contributed by atoms with E-state index >= 15 is 0 Å². The largest absolute Gasteiger partial charge is 0.356 e. The molecule has 0 aliphatic carbocycles. The van der Waals surface area contributed by atoms with Gasteiger partial charge in [-0.25, -0.2) is 0 Å². The van der Waals surface area contributed by atoms with Gasteiger partial charge in [-0.3, -0.25) is 0 Å². The van der Waals surface area contributed by atoms with E-state index in [-0.39, 0.29) is 10.8 Å². The van der Waals surface area contributed by atoms with E-state index in [0.717, 1.165) is 39.8 Å². The van der Waals surface area contributed by atoms with Gasteiger partial charge in [0.1, 0.15) is 0 Å². The van der Waals surface area contributed by atoms with Gasteiger partial charge in [0.2, 0.25) is 0 Å². The summed E-state index contributed by atoms with van der Waals surface area (Å²) in [6, 6.07) is 70.5. The Morgan fingerprint density at radius 2 is 0.861 bits per heavy atom. The fourth-order valence-electron chi connectivity index (χ4n) is 9.98. The van der Waals surface area contributed by atoms with Gasteiger partial charge in [-0.15, -0.1) is 0 Å². The molecule has 10 aromatic rings. The van der Waals surface area contributed by atoms with Crippen molar-refractivity contribution in [3.05, 3.63) is 239 Å². The molecule has 1 aromatic heterocycles. The van der Waals surface area contributed by atoms with E-state index in [1.807, 2.05) is 0 Å². The number of para-hydroxylation sites is 2. The van der Waals surface area contributed by atoms with Gasteiger partial charge in [0, 0.05) is 56.1 Å². The summed E-state index contributed by atoms with van der Waals surface area (Å²) < 4.78 is 2.38. The van der Waals surface area contributed by atoms with Gasteiger partial charge in [0.25, 0.3) is 0 Å². The summed E-state index contributed by atoms with van der Waals surface area (Å²) in [4.78, 5) is 2.41. The minimum Gasteiger partial charge on any atom is -0.356 e. The number of anilines is 7. The third kappa shape index (κ3) is 10.7. The van der Waals surface area contributed by atoms with Crippen molar-refractivity contribution in [2.75, 3.05) is 15.5 Å². The van der Waals surface area contributed by atoms with Crippen LogP contribution in [0.1, 0.15) is 86.1 Å². The van der Waals surface area contributed by atoms with Gasteiger partial charge < -0.3 is 20.1 Å². The van der Waals surface area contributed by atoms with Crippen LogP contribution in [-0.2, 0) is 10.8 Å². The molecule has 1 heterocycles. The minimum atomic E-state index is 0.0510. The molecular formula is C68H70N4. The Morgan fingerprint density at radius 1 is 0.389 bits per heavy atom. The van der Waals surface area contributed by atoms with Crippen LogP contribution in [0.4, 0.5) is 39.8 Å². The van der Waals surface area contributed by atoms with E-state index in [1.165, 1.54) is 83.1 Å². The number of hydrogen-bond donors (Lipinski definition) is 2. The smallest absolute Gasteiger partial charge is 0.0541 e. The Labute approximate surface area is 429 Å². The lowest BCUT2D eigenvalue weighted by Gasteiger charge is -2.31. The molecule has 4 heteroatoms. The second-order valence-corrected chi connectivity index (χ2v) is 21.8. The molecule has 0 radical (unpaired) electrons. The number of aromatic nitrogens is 1. The van der Waals surface area contributed by atoms with Gasteiger partial charge in [-0.1, -0.05) is 161 Å². The zero-order chi connectivity index (χ0) is 50.9. The van der Waals surface area contributed by atoms with E-state index in [4.69, 9.17) is 0 Å². The highest BCUT2D eigenvalue weighted by Crippen LogP contribution is 2.42. The van der Waals surface area contributed by atoms with Crippen LogP contribution in [0.25, 0.3) is 38.6 Å². The van der Waals surface area contributed by atoms with E-state index in [9.17, 15) is 0 Å². The maximum atomic E-state index is 3.67. The fraction of sp³-hybridized carbons (Fsp3) is 0.206. The maximum absolute atomic E-state index is 3.67. The highest BCUT2D eigenvalue weighted by molar-refractivity contribution is 6.09. The molecule has 0 amide bonds. The predicted octanol–water partition coefficient (Wildman–Crippen LogP) is 19.5. The van der Waals surface area contributed by atoms with Crippen molar-refractivity contribution in [2.45, 2.75) is 93.9 Å². The topological polar surface area (TPSA) is 32.2 Å². The first kappa shape index (κ1) is 49.2. The van der Waals surface area contributed by atoms with Crippen LogP contribution in [0.3, 0.4) is 0 Å². The molecule has 0 unspecified atom stereocenters. The highest BCUT2D eigenvalue weighted by Gasteiger charge is 2.22. The number of hydrogen-bond acceptors (Lipinski definition) is 3. The monoisotopic (exact) mass is 943 g/mol. The molecule has 2 N–H and O–H groups in total. The van der Waals surface area contributed by atoms with Crippen molar-refractivity contribution in [1.82, 2.24) is 4.57 Å². The molecule has 0 saturated carbocycles. The average Bonchev–Trinajstić information content (AvgIpc) is 3.68. The Bertz CT molecular complexity index is 3430. The van der Waals surface area contributed by atoms with Gasteiger partial charge in [-0.2, -0.15) is 0 Å². The Morgan fingerprint density at radius 3 is 1.39 bits per heavy atom. The Hall–Kier alpha value is -7.82. The van der Waals surface area contributed by atoms with E-state index in [1.54, 1.807) is 0 Å². The molecule has 362 valence electrons. The molecule has 0 aliphatic heterocycles. The molecule has 0 saturated heterocycles. The van der Waals surface area contributed by atoms with Crippen LogP contribution in [0.15, 0.2) is 194 Å². The molecule has 0 atom stereocenters. The Kier molecular flexibility index (Phi) is 13.7. The summed E-state index contributed by atoms with van der Waals surface area (Å²) in [7, 11) is 0. The van der Waals surface area contributed by atoms with Crippen LogP contribution in [-0.4, -0.2) is 4.57 Å². The minimum absolute atomic E-state index is 0.0510. The zero-order valence-electron chi connectivity index (χ0n) is 44.4. The molecule has 9 aromatic carbocycles. The first-order valence-corrected chi connectivity index (χ1v) is 25.4. The number of nitrogens with one attached hydrogen (secondary N) is 2. The van der Waals surface area contributed by atoms with E-state index in [2.05, 4.69) is 297 Å². The molecule has 0 bridgehead atoms. The van der Waals surface area contributed by atoms with Crippen LogP contribution in [0.5, 0.6) is 0 Å². The van der Waals surface area contributed by atoms with Gasteiger partial charge in [0.05, 0.1) is 16.7 Å². The standard InChI is InChI=1S/C56H52N4.C12H18/c1-37-13-12-14-41(33-37)51-34-38(2)19-32-52(51)58-45-22-20-43(21-23-45)57-44-24-26-46(27-25-44)59(55-39(3)35-42(36-40(55)4)56(5,6)7)47-28-30-48(31-29-47)60-53-17-10-8-15-49(53)50-16-9-11-18-54(50)60;1-9-6-10(2)8-11(7-9)12(3,4)5/h8-36,57-58H,1-7H3;6-8H,1-5H3. The SMILES string of the molecule is Cc1cc(C)cc(C(C)(C)C)c1.Cc1cccc(-c2cc(C)ccc2Nc2ccc(Nc3ccc(N(c4ccc(-n5c6ccccc6c6ccccc65)cc4)c4c(C)cc(C(C)(C)C)cc4C)cc3)cc2)c1. The zero-order valence-corrected chi connectivity index (χ0v) is 44.4. The second-order valence-electron chi connectivity index (χ2n) is 21.8.